The molecule has 1 amide bonds. The van der Waals surface area contributed by atoms with Gasteiger partial charge in [0, 0.05) is 11.3 Å². The number of rotatable bonds is 7. The first-order valence-electron chi connectivity index (χ1n) is 6.06. The van der Waals surface area contributed by atoms with E-state index in [1.54, 1.807) is 24.3 Å². The van der Waals surface area contributed by atoms with Gasteiger partial charge in [-0.1, -0.05) is 30.8 Å². The van der Waals surface area contributed by atoms with Gasteiger partial charge in [0.25, 0.3) is 5.76 Å². The van der Waals surface area contributed by atoms with Crippen LogP contribution in [0.2, 0.25) is 0 Å². The summed E-state index contributed by atoms with van der Waals surface area (Å²) in [5, 5.41) is 2.66. The van der Waals surface area contributed by atoms with Crippen molar-refractivity contribution in [3.63, 3.8) is 0 Å². The average Bonchev–Trinajstić information content (AvgIpc) is 2.37. The third-order valence-corrected chi connectivity index (χ3v) is 3.43. The van der Waals surface area contributed by atoms with E-state index in [9.17, 15) is 13.6 Å². The van der Waals surface area contributed by atoms with E-state index in [4.69, 9.17) is 5.73 Å². The molecule has 6 heteroatoms. The molecule has 3 nitrogen and oxygen atoms in total. The average molecular weight is 288 g/mol. The number of nitrogens with two attached hydrogens (primary N) is 1. The fraction of sp³-hybridized carbons (Fsp3) is 0.462. The maximum atomic E-state index is 12.4. The van der Waals surface area contributed by atoms with Crippen LogP contribution in [0.15, 0.2) is 29.2 Å². The first-order chi connectivity index (χ1) is 9.02. The normalized spacial score (nSPS) is 12.5. The van der Waals surface area contributed by atoms with Gasteiger partial charge in [-0.25, -0.2) is 0 Å². The summed E-state index contributed by atoms with van der Waals surface area (Å²) in [5.74, 6) is -2.41. The fourth-order valence-electron chi connectivity index (χ4n) is 1.48. The zero-order chi connectivity index (χ0) is 14.3. The van der Waals surface area contributed by atoms with E-state index in [0.29, 0.717) is 41.7 Å². The summed E-state index contributed by atoms with van der Waals surface area (Å²) in [6.07, 6.45) is 1.03. The molecule has 0 heterocycles. The molecule has 0 aliphatic rings. The van der Waals surface area contributed by atoms with Gasteiger partial charge in [-0.2, -0.15) is 8.78 Å². The largest absolute Gasteiger partial charge is 0.330 e. The van der Waals surface area contributed by atoms with E-state index in [1.807, 2.05) is 6.92 Å². The summed E-state index contributed by atoms with van der Waals surface area (Å²) in [7, 11) is 0. The topological polar surface area (TPSA) is 55.1 Å². The van der Waals surface area contributed by atoms with Crippen LogP contribution < -0.4 is 11.1 Å². The highest BCUT2D eigenvalue weighted by molar-refractivity contribution is 7.99. The van der Waals surface area contributed by atoms with Crippen LogP contribution >= 0.6 is 11.8 Å². The lowest BCUT2D eigenvalue weighted by molar-refractivity contribution is -0.116. The van der Waals surface area contributed by atoms with Crippen molar-refractivity contribution in [1.82, 2.24) is 0 Å². The van der Waals surface area contributed by atoms with Crippen molar-refractivity contribution in [1.29, 1.82) is 0 Å². The molecule has 1 rings (SSSR count). The van der Waals surface area contributed by atoms with Gasteiger partial charge in [-0.15, -0.1) is 0 Å². The highest BCUT2D eigenvalue weighted by Crippen LogP contribution is 2.31. The highest BCUT2D eigenvalue weighted by atomic mass is 32.2. The van der Waals surface area contributed by atoms with Crippen molar-refractivity contribution in [2.75, 3.05) is 11.9 Å². The van der Waals surface area contributed by atoms with Gasteiger partial charge < -0.3 is 11.1 Å². The molecule has 1 aromatic carbocycles. The molecule has 1 aromatic rings. The lowest BCUT2D eigenvalue weighted by Gasteiger charge is -2.11. The van der Waals surface area contributed by atoms with Crippen molar-refractivity contribution >= 4 is 23.4 Å². The standard InChI is InChI=1S/C13H18F2N2OS/c1-9(8-16)6-7-12(18)17-10-4-2-3-5-11(10)19-13(14)15/h2-5,9,13H,6-8,16H2,1H3,(H,17,18). The van der Waals surface area contributed by atoms with Crippen LogP contribution in [-0.4, -0.2) is 18.2 Å². The number of hydrogen-bond acceptors (Lipinski definition) is 3. The Bertz CT molecular complexity index is 415. The molecule has 1 unspecified atom stereocenters. The van der Waals surface area contributed by atoms with Crippen LogP contribution in [0.5, 0.6) is 0 Å². The van der Waals surface area contributed by atoms with Gasteiger partial charge in [-0.05, 0) is 31.0 Å². The number of halogens is 2. The van der Waals surface area contributed by atoms with Crippen LogP contribution in [0.4, 0.5) is 14.5 Å². The summed E-state index contributed by atoms with van der Waals surface area (Å²) in [6, 6.07) is 6.55. The number of thioether (sulfide) groups is 1. The summed E-state index contributed by atoms with van der Waals surface area (Å²) in [6.45, 7) is 2.50. The number of amides is 1. The second kappa shape index (κ2) is 8.12. The van der Waals surface area contributed by atoms with Crippen molar-refractivity contribution < 1.29 is 13.6 Å². The molecule has 0 bridgehead atoms. The van der Waals surface area contributed by atoms with Crippen molar-refractivity contribution in [2.24, 2.45) is 11.7 Å². The number of para-hydroxylation sites is 1. The fourth-order valence-corrected chi connectivity index (χ4v) is 2.07. The van der Waals surface area contributed by atoms with E-state index in [0.717, 1.165) is 0 Å². The smallest absolute Gasteiger partial charge is 0.288 e. The number of alkyl halides is 2. The van der Waals surface area contributed by atoms with Gasteiger partial charge >= 0.3 is 0 Å². The van der Waals surface area contributed by atoms with Crippen LogP contribution in [0, 0.1) is 5.92 Å². The summed E-state index contributed by atoms with van der Waals surface area (Å²) < 4.78 is 24.7. The molecule has 19 heavy (non-hydrogen) atoms. The third-order valence-electron chi connectivity index (χ3n) is 2.64. The SMILES string of the molecule is CC(CN)CCC(=O)Nc1ccccc1SC(F)F. The molecule has 1 atom stereocenters. The molecule has 3 N–H and O–H groups in total. The number of nitrogens with one attached hydrogen (secondary N) is 1. The molecule has 0 spiro atoms. The summed E-state index contributed by atoms with van der Waals surface area (Å²) >= 11 is 0.428. The Morgan fingerprint density at radius 3 is 2.74 bits per heavy atom. The molecular formula is C13H18F2N2OS. The maximum absolute atomic E-state index is 12.4. The van der Waals surface area contributed by atoms with Crippen LogP contribution in [0.1, 0.15) is 19.8 Å². The molecule has 0 fully saturated rings. The van der Waals surface area contributed by atoms with Crippen LogP contribution in [0.3, 0.4) is 0 Å². The molecule has 0 saturated carbocycles. The van der Waals surface area contributed by atoms with Gasteiger partial charge in [0.1, 0.15) is 0 Å². The number of anilines is 1. The van der Waals surface area contributed by atoms with Crippen LogP contribution in [-0.2, 0) is 4.79 Å². The zero-order valence-electron chi connectivity index (χ0n) is 10.7. The van der Waals surface area contributed by atoms with Crippen LogP contribution in [0.25, 0.3) is 0 Å². The minimum Gasteiger partial charge on any atom is -0.330 e. The monoisotopic (exact) mass is 288 g/mol. The Morgan fingerprint density at radius 1 is 1.42 bits per heavy atom. The first kappa shape index (κ1) is 15.9. The van der Waals surface area contributed by atoms with Gasteiger partial charge in [0.2, 0.25) is 5.91 Å². The molecule has 0 saturated heterocycles. The second-order valence-electron chi connectivity index (χ2n) is 4.30. The van der Waals surface area contributed by atoms with E-state index in [1.165, 1.54) is 0 Å². The molecule has 0 aliphatic carbocycles. The predicted octanol–water partition coefficient (Wildman–Crippen LogP) is 3.31. The molecule has 106 valence electrons. The lowest BCUT2D eigenvalue weighted by atomic mass is 10.1. The minimum absolute atomic E-state index is 0.178. The summed E-state index contributed by atoms with van der Waals surface area (Å²) in [5.41, 5.74) is 5.90. The third kappa shape index (κ3) is 6.02. The Balaban J connectivity index is 2.58. The quantitative estimate of drug-likeness (QED) is 0.757. The van der Waals surface area contributed by atoms with E-state index in [-0.39, 0.29) is 11.8 Å². The van der Waals surface area contributed by atoms with Crippen molar-refractivity contribution in [3.8, 4) is 0 Å². The second-order valence-corrected chi connectivity index (χ2v) is 5.33. The van der Waals surface area contributed by atoms with E-state index >= 15 is 0 Å². The predicted molar refractivity (Wildman–Crippen MR) is 74.4 cm³/mol. The molecular weight excluding hydrogens is 270 g/mol. The zero-order valence-corrected chi connectivity index (χ0v) is 11.6. The van der Waals surface area contributed by atoms with Gasteiger partial charge in [-0.3, -0.25) is 4.79 Å². The Kier molecular flexibility index (Phi) is 6.80. The lowest BCUT2D eigenvalue weighted by Crippen LogP contribution is -2.16. The minimum atomic E-state index is -2.50. The Hall–Kier alpha value is -1.14. The van der Waals surface area contributed by atoms with E-state index in [2.05, 4.69) is 5.32 Å². The number of carbonyl (C=O) groups excluding carboxylic acids is 1. The van der Waals surface area contributed by atoms with Crippen molar-refractivity contribution in [3.05, 3.63) is 24.3 Å². The molecule has 0 radical (unpaired) electrons. The highest BCUT2D eigenvalue weighted by Gasteiger charge is 2.12. The number of hydrogen-bond donors (Lipinski definition) is 2. The first-order valence-corrected chi connectivity index (χ1v) is 6.94. The number of carbonyl (C=O) groups is 1. The molecule has 0 aromatic heterocycles. The number of benzene rings is 1. The summed E-state index contributed by atoms with van der Waals surface area (Å²) in [4.78, 5) is 12.1. The van der Waals surface area contributed by atoms with E-state index < -0.39 is 5.76 Å². The maximum Gasteiger partial charge on any atom is 0.288 e. The van der Waals surface area contributed by atoms with Gasteiger partial charge in [0.15, 0.2) is 0 Å². The van der Waals surface area contributed by atoms with Gasteiger partial charge in [0.05, 0.1) is 5.69 Å². The Morgan fingerprint density at radius 2 is 2.11 bits per heavy atom. The molecule has 0 aliphatic heterocycles. The Labute approximate surface area is 115 Å². The van der Waals surface area contributed by atoms with Crippen molar-refractivity contribution in [2.45, 2.75) is 30.4 Å².